The standard InChI is InChI=1S/C20H20N4O3S2/c1-10-17(11-3-4-13-12(7-11)8-15(25)21-13)22-19(29-10)23-18(27)14-9-28-20(2)6-5-16(26)24(14)20/h3-4,7,14H,5-6,8-9H2,1-2H3,(H,21,25)(H,22,23,27)/t14-,20-/m0/s1. The zero-order valence-corrected chi connectivity index (χ0v) is 17.7. The number of benzene rings is 1. The van der Waals surface area contributed by atoms with Crippen LogP contribution in [0.4, 0.5) is 10.8 Å². The molecule has 3 amide bonds. The number of hydrogen-bond donors (Lipinski definition) is 2. The molecule has 9 heteroatoms. The minimum absolute atomic E-state index is 0.00186. The highest BCUT2D eigenvalue weighted by atomic mass is 32.2. The molecule has 3 aliphatic rings. The number of aromatic nitrogens is 1. The highest BCUT2D eigenvalue weighted by molar-refractivity contribution is 8.01. The number of rotatable bonds is 3. The van der Waals surface area contributed by atoms with Crippen molar-refractivity contribution in [1.29, 1.82) is 0 Å². The summed E-state index contributed by atoms with van der Waals surface area (Å²) >= 11 is 3.10. The lowest BCUT2D eigenvalue weighted by Gasteiger charge is -2.29. The molecule has 0 bridgehead atoms. The summed E-state index contributed by atoms with van der Waals surface area (Å²) in [6.45, 7) is 4.00. The van der Waals surface area contributed by atoms with Crippen molar-refractivity contribution in [3.05, 3.63) is 28.6 Å². The third-order valence-corrected chi connectivity index (χ3v) is 8.17. The van der Waals surface area contributed by atoms with E-state index in [-0.39, 0.29) is 22.6 Å². The lowest BCUT2D eigenvalue weighted by molar-refractivity contribution is -0.135. The van der Waals surface area contributed by atoms with Crippen molar-refractivity contribution in [1.82, 2.24) is 9.88 Å². The van der Waals surface area contributed by atoms with Crippen LogP contribution in [-0.2, 0) is 20.8 Å². The molecular weight excluding hydrogens is 408 g/mol. The second-order valence-corrected chi connectivity index (χ2v) is 10.5. The van der Waals surface area contributed by atoms with Gasteiger partial charge in [0.2, 0.25) is 17.7 Å². The van der Waals surface area contributed by atoms with Crippen molar-refractivity contribution in [2.75, 3.05) is 16.4 Å². The van der Waals surface area contributed by atoms with Crippen LogP contribution in [0.15, 0.2) is 18.2 Å². The van der Waals surface area contributed by atoms with Crippen LogP contribution < -0.4 is 10.6 Å². The third kappa shape index (κ3) is 3.03. The van der Waals surface area contributed by atoms with Crippen molar-refractivity contribution in [2.24, 2.45) is 0 Å². The van der Waals surface area contributed by atoms with E-state index in [0.717, 1.165) is 33.8 Å². The lowest BCUT2D eigenvalue weighted by Crippen LogP contribution is -2.48. The minimum Gasteiger partial charge on any atom is -0.326 e. The highest BCUT2D eigenvalue weighted by Crippen LogP contribution is 2.47. The number of amides is 3. The van der Waals surface area contributed by atoms with Crippen LogP contribution in [0.1, 0.15) is 30.2 Å². The summed E-state index contributed by atoms with van der Waals surface area (Å²) in [6, 6.07) is 5.34. The average Bonchev–Trinajstić information content (AvgIpc) is 3.38. The van der Waals surface area contributed by atoms with Crippen LogP contribution in [0.5, 0.6) is 0 Å². The van der Waals surface area contributed by atoms with E-state index in [1.54, 1.807) is 16.7 Å². The maximum atomic E-state index is 12.9. The molecule has 1 aromatic carbocycles. The normalized spacial score (nSPS) is 25.2. The number of carbonyl (C=O) groups excluding carboxylic acids is 3. The molecule has 0 unspecified atom stereocenters. The zero-order chi connectivity index (χ0) is 20.3. The number of fused-ring (bicyclic) bond motifs is 2. The van der Waals surface area contributed by atoms with Gasteiger partial charge in [0.25, 0.3) is 0 Å². The summed E-state index contributed by atoms with van der Waals surface area (Å²) in [5, 5.41) is 6.28. The largest absolute Gasteiger partial charge is 0.326 e. The van der Waals surface area contributed by atoms with E-state index in [4.69, 9.17) is 0 Å². The first-order chi connectivity index (χ1) is 13.8. The van der Waals surface area contributed by atoms with Crippen molar-refractivity contribution < 1.29 is 14.4 Å². The zero-order valence-electron chi connectivity index (χ0n) is 16.1. The van der Waals surface area contributed by atoms with E-state index >= 15 is 0 Å². The van der Waals surface area contributed by atoms with Crippen LogP contribution in [0.2, 0.25) is 0 Å². The minimum atomic E-state index is -0.454. The molecule has 0 spiro atoms. The van der Waals surface area contributed by atoms with E-state index in [0.29, 0.717) is 23.7 Å². The fourth-order valence-corrected chi connectivity index (χ4v) is 6.57. The summed E-state index contributed by atoms with van der Waals surface area (Å²) in [5.74, 6) is 0.477. The Bertz CT molecular complexity index is 1070. The van der Waals surface area contributed by atoms with Gasteiger partial charge in [-0.2, -0.15) is 0 Å². The summed E-state index contributed by atoms with van der Waals surface area (Å²) in [7, 11) is 0. The van der Waals surface area contributed by atoms with E-state index in [2.05, 4.69) is 15.6 Å². The Hall–Kier alpha value is -2.39. The van der Waals surface area contributed by atoms with Gasteiger partial charge in [0.15, 0.2) is 5.13 Å². The Balaban J connectivity index is 1.36. The Morgan fingerprint density at radius 3 is 3.03 bits per heavy atom. The average molecular weight is 429 g/mol. The predicted molar refractivity (Wildman–Crippen MR) is 114 cm³/mol. The molecule has 2 saturated heterocycles. The molecule has 4 heterocycles. The van der Waals surface area contributed by atoms with Crippen molar-refractivity contribution in [2.45, 2.75) is 44.0 Å². The quantitative estimate of drug-likeness (QED) is 0.784. The Morgan fingerprint density at radius 1 is 1.38 bits per heavy atom. The fourth-order valence-electron chi connectivity index (χ4n) is 4.30. The van der Waals surface area contributed by atoms with Gasteiger partial charge in [0.05, 0.1) is 17.0 Å². The topological polar surface area (TPSA) is 91.4 Å². The Morgan fingerprint density at radius 2 is 2.21 bits per heavy atom. The number of carbonyl (C=O) groups is 3. The van der Waals surface area contributed by atoms with Gasteiger partial charge in [-0.05, 0) is 38.0 Å². The van der Waals surface area contributed by atoms with Crippen LogP contribution in [0, 0.1) is 6.92 Å². The molecule has 0 saturated carbocycles. The van der Waals surface area contributed by atoms with Gasteiger partial charge < -0.3 is 15.5 Å². The molecule has 3 aliphatic heterocycles. The van der Waals surface area contributed by atoms with Gasteiger partial charge >= 0.3 is 0 Å². The predicted octanol–water partition coefficient (Wildman–Crippen LogP) is 3.01. The van der Waals surface area contributed by atoms with E-state index in [1.807, 2.05) is 32.0 Å². The van der Waals surface area contributed by atoms with Crippen LogP contribution in [-0.4, -0.2) is 44.3 Å². The first-order valence-corrected chi connectivity index (χ1v) is 11.3. The third-order valence-electron chi connectivity index (χ3n) is 5.78. The molecule has 2 aromatic rings. The monoisotopic (exact) mass is 428 g/mol. The SMILES string of the molecule is Cc1sc(NC(=O)[C@@H]2CS[C@@]3(C)CCC(=O)N23)nc1-c1ccc2c(c1)CC(=O)N2. The second-order valence-electron chi connectivity index (χ2n) is 7.78. The molecule has 7 nitrogen and oxygen atoms in total. The van der Waals surface area contributed by atoms with Gasteiger partial charge in [-0.25, -0.2) is 4.98 Å². The molecule has 1 aromatic heterocycles. The summed E-state index contributed by atoms with van der Waals surface area (Å²) in [5.41, 5.74) is 3.53. The lowest BCUT2D eigenvalue weighted by atomic mass is 10.1. The Labute approximate surface area is 176 Å². The fraction of sp³-hybridized carbons (Fsp3) is 0.400. The molecule has 2 fully saturated rings. The van der Waals surface area contributed by atoms with Crippen molar-refractivity contribution in [3.8, 4) is 11.3 Å². The Kier molecular flexibility index (Phi) is 4.22. The molecule has 150 valence electrons. The molecule has 5 rings (SSSR count). The van der Waals surface area contributed by atoms with Gasteiger partial charge in [0.1, 0.15) is 6.04 Å². The van der Waals surface area contributed by atoms with Crippen LogP contribution in [0.25, 0.3) is 11.3 Å². The van der Waals surface area contributed by atoms with Gasteiger partial charge in [0, 0.05) is 28.3 Å². The number of aryl methyl sites for hydroxylation is 1. The number of nitrogens with one attached hydrogen (secondary N) is 2. The van der Waals surface area contributed by atoms with Crippen molar-refractivity contribution in [3.63, 3.8) is 0 Å². The van der Waals surface area contributed by atoms with Gasteiger partial charge in [-0.15, -0.1) is 23.1 Å². The van der Waals surface area contributed by atoms with Gasteiger partial charge in [-0.1, -0.05) is 6.07 Å². The van der Waals surface area contributed by atoms with E-state index in [9.17, 15) is 14.4 Å². The summed E-state index contributed by atoms with van der Waals surface area (Å²) in [4.78, 5) is 43.9. The summed E-state index contributed by atoms with van der Waals surface area (Å²) < 4.78 is 0. The smallest absolute Gasteiger partial charge is 0.249 e. The molecule has 2 N–H and O–H groups in total. The molecule has 0 radical (unpaired) electrons. The molecule has 0 aliphatic carbocycles. The number of nitrogens with zero attached hydrogens (tertiary/aromatic N) is 2. The molecule has 2 atom stereocenters. The van der Waals surface area contributed by atoms with E-state index < -0.39 is 6.04 Å². The summed E-state index contributed by atoms with van der Waals surface area (Å²) in [6.07, 6.45) is 1.66. The molecular formula is C20H20N4O3S2. The number of thioether (sulfide) groups is 1. The van der Waals surface area contributed by atoms with Gasteiger partial charge in [-0.3, -0.25) is 14.4 Å². The first-order valence-electron chi connectivity index (χ1n) is 9.52. The number of thiazole rings is 1. The number of anilines is 2. The maximum Gasteiger partial charge on any atom is 0.249 e. The van der Waals surface area contributed by atoms with Crippen LogP contribution in [0.3, 0.4) is 0 Å². The molecule has 29 heavy (non-hydrogen) atoms. The van der Waals surface area contributed by atoms with E-state index in [1.165, 1.54) is 11.3 Å². The first kappa shape index (κ1) is 18.6. The maximum absolute atomic E-state index is 12.9. The highest BCUT2D eigenvalue weighted by Gasteiger charge is 2.53. The second kappa shape index (κ2) is 6.56. The number of hydrogen-bond acceptors (Lipinski definition) is 6. The van der Waals surface area contributed by atoms with Crippen LogP contribution >= 0.6 is 23.1 Å². The van der Waals surface area contributed by atoms with Crippen molar-refractivity contribution >= 4 is 51.6 Å².